The Morgan fingerprint density at radius 1 is 1.00 bits per heavy atom. The fourth-order valence-electron chi connectivity index (χ4n) is 3.13. The maximum Gasteiger partial charge on any atom is 0.258 e. The molecule has 11 heteroatoms. The number of benzene rings is 2. The first-order valence-electron chi connectivity index (χ1n) is 8.99. The minimum absolute atomic E-state index is 0.0319. The first kappa shape index (κ1) is 22.0. The molecule has 0 spiro atoms. The minimum Gasteiger partial charge on any atom is -0.495 e. The summed E-state index contributed by atoms with van der Waals surface area (Å²) in [4.78, 5) is 12.2. The summed E-state index contributed by atoms with van der Waals surface area (Å²) >= 11 is 0. The minimum atomic E-state index is -3.85. The van der Waals surface area contributed by atoms with E-state index in [1.165, 1.54) is 23.5 Å². The Morgan fingerprint density at radius 3 is 2.30 bits per heavy atom. The second-order valence-corrected chi connectivity index (χ2v) is 8.57. The van der Waals surface area contributed by atoms with Crippen LogP contribution in [-0.2, 0) is 10.0 Å². The smallest absolute Gasteiger partial charge is 0.258 e. The molecule has 1 fully saturated rings. The average Bonchev–Trinajstić information content (AvgIpc) is 2.75. The lowest BCUT2D eigenvalue weighted by Crippen LogP contribution is -2.35. The van der Waals surface area contributed by atoms with Crippen molar-refractivity contribution in [2.24, 2.45) is 0 Å². The molecule has 2 aromatic rings. The van der Waals surface area contributed by atoms with Crippen molar-refractivity contribution in [3.63, 3.8) is 0 Å². The van der Waals surface area contributed by atoms with E-state index < -0.39 is 44.8 Å². The average molecular weight is 446 g/mol. The van der Waals surface area contributed by atoms with E-state index in [9.17, 15) is 30.8 Å². The lowest BCUT2D eigenvalue weighted by atomic mass is 10.1. The maximum atomic E-state index is 13.9. The lowest BCUT2D eigenvalue weighted by Gasteiger charge is -2.26. The molecule has 0 aliphatic carbocycles. The van der Waals surface area contributed by atoms with Crippen LogP contribution >= 0.6 is 0 Å². The van der Waals surface area contributed by atoms with Crippen molar-refractivity contribution in [1.29, 1.82) is 0 Å². The Morgan fingerprint density at radius 2 is 1.67 bits per heavy atom. The van der Waals surface area contributed by atoms with Gasteiger partial charge in [-0.15, -0.1) is 0 Å². The van der Waals surface area contributed by atoms with E-state index in [1.54, 1.807) is 0 Å². The van der Waals surface area contributed by atoms with Crippen LogP contribution < -0.4 is 10.1 Å². The van der Waals surface area contributed by atoms with Gasteiger partial charge in [0.25, 0.3) is 5.91 Å². The van der Waals surface area contributed by atoms with E-state index in [-0.39, 0.29) is 22.4 Å². The van der Waals surface area contributed by atoms with Crippen LogP contribution in [0, 0.1) is 23.3 Å². The number of nitrogens with one attached hydrogen (secondary N) is 1. The highest BCUT2D eigenvalue weighted by Crippen LogP contribution is 2.31. The first-order valence-corrected chi connectivity index (χ1v) is 10.4. The SMILES string of the molecule is COc1ccc(S(=O)(=O)N2CCCCC2)cc1NC(=O)c1cc(F)c(F)c(F)c1F. The Bertz CT molecular complexity index is 1090. The summed E-state index contributed by atoms with van der Waals surface area (Å²) in [5, 5.41) is 2.17. The van der Waals surface area contributed by atoms with Gasteiger partial charge in [-0.1, -0.05) is 6.42 Å². The quantitative estimate of drug-likeness (QED) is 0.432. The Labute approximate surface area is 170 Å². The third kappa shape index (κ3) is 4.12. The summed E-state index contributed by atoms with van der Waals surface area (Å²) < 4.78 is 86.0. The number of carbonyl (C=O) groups is 1. The third-order valence-corrected chi connectivity index (χ3v) is 6.61. The van der Waals surface area contributed by atoms with Gasteiger partial charge in [-0.2, -0.15) is 4.31 Å². The molecule has 1 saturated heterocycles. The van der Waals surface area contributed by atoms with Crippen molar-refractivity contribution >= 4 is 21.6 Å². The summed E-state index contributed by atoms with van der Waals surface area (Å²) in [6.07, 6.45) is 2.37. The molecule has 1 heterocycles. The molecule has 30 heavy (non-hydrogen) atoms. The molecule has 3 rings (SSSR count). The van der Waals surface area contributed by atoms with Crippen LogP contribution in [0.4, 0.5) is 23.2 Å². The fraction of sp³-hybridized carbons (Fsp3) is 0.316. The van der Waals surface area contributed by atoms with Gasteiger partial charge < -0.3 is 10.1 Å². The molecule has 0 aromatic heterocycles. The van der Waals surface area contributed by atoms with Crippen LogP contribution in [0.1, 0.15) is 29.6 Å². The molecule has 0 atom stereocenters. The van der Waals surface area contributed by atoms with Gasteiger partial charge >= 0.3 is 0 Å². The standard InChI is InChI=1S/C19H18F4N2O4S/c1-29-15-6-5-11(30(27,28)25-7-3-2-4-8-25)9-14(15)24-19(26)12-10-13(20)17(22)18(23)16(12)21/h5-6,9-10H,2-4,7-8H2,1H3,(H,24,26). The van der Waals surface area contributed by atoms with Crippen LogP contribution in [0.3, 0.4) is 0 Å². The number of rotatable bonds is 5. The van der Waals surface area contributed by atoms with Gasteiger partial charge in [0.2, 0.25) is 10.0 Å². The second-order valence-electron chi connectivity index (χ2n) is 6.63. The van der Waals surface area contributed by atoms with Crippen molar-refractivity contribution < 1.29 is 35.5 Å². The number of ether oxygens (including phenoxy) is 1. The van der Waals surface area contributed by atoms with Crippen LogP contribution in [0.15, 0.2) is 29.2 Å². The molecule has 0 bridgehead atoms. The Balaban J connectivity index is 1.96. The molecular formula is C19H18F4N2O4S. The van der Waals surface area contributed by atoms with Gasteiger partial charge in [-0.3, -0.25) is 4.79 Å². The molecule has 1 aliphatic heterocycles. The maximum absolute atomic E-state index is 13.9. The van der Waals surface area contributed by atoms with Crippen LogP contribution in [0.5, 0.6) is 5.75 Å². The summed E-state index contributed by atoms with van der Waals surface area (Å²) in [7, 11) is -2.60. The van der Waals surface area contributed by atoms with Gasteiger partial charge in [0.1, 0.15) is 5.75 Å². The number of hydrogen-bond donors (Lipinski definition) is 1. The molecule has 2 aromatic carbocycles. The molecule has 0 radical (unpaired) electrons. The Hall–Kier alpha value is -2.66. The topological polar surface area (TPSA) is 75.7 Å². The summed E-state index contributed by atoms with van der Waals surface area (Å²) in [6, 6.07) is 3.89. The van der Waals surface area contributed by atoms with Crippen molar-refractivity contribution in [3.8, 4) is 5.75 Å². The van der Waals surface area contributed by atoms with Crippen LogP contribution in [0.2, 0.25) is 0 Å². The third-order valence-electron chi connectivity index (χ3n) is 4.72. The highest BCUT2D eigenvalue weighted by atomic mass is 32.2. The molecule has 0 unspecified atom stereocenters. The molecule has 1 amide bonds. The molecule has 6 nitrogen and oxygen atoms in total. The number of nitrogens with zero attached hydrogens (tertiary/aromatic N) is 1. The number of hydrogen-bond acceptors (Lipinski definition) is 4. The normalized spacial score (nSPS) is 15.1. The number of halogens is 4. The number of piperidine rings is 1. The van der Waals surface area contributed by atoms with Crippen molar-refractivity contribution in [2.45, 2.75) is 24.2 Å². The van der Waals surface area contributed by atoms with E-state index in [4.69, 9.17) is 4.74 Å². The van der Waals surface area contributed by atoms with E-state index in [1.807, 2.05) is 0 Å². The van der Waals surface area contributed by atoms with Crippen LogP contribution in [0.25, 0.3) is 0 Å². The Kier molecular flexibility index (Phi) is 6.32. The van der Waals surface area contributed by atoms with Gasteiger partial charge in [-0.05, 0) is 37.1 Å². The molecule has 1 N–H and O–H groups in total. The number of methoxy groups -OCH3 is 1. The molecule has 1 aliphatic rings. The fourth-order valence-corrected chi connectivity index (χ4v) is 4.67. The summed E-state index contributed by atoms with van der Waals surface area (Å²) in [5.74, 6) is -9.07. The summed E-state index contributed by atoms with van der Waals surface area (Å²) in [5.41, 5.74) is -1.25. The molecule has 0 saturated carbocycles. The van der Waals surface area contributed by atoms with E-state index >= 15 is 0 Å². The van der Waals surface area contributed by atoms with Gasteiger partial charge in [0, 0.05) is 13.1 Å². The molecule has 162 valence electrons. The highest BCUT2D eigenvalue weighted by molar-refractivity contribution is 7.89. The van der Waals surface area contributed by atoms with Gasteiger partial charge in [0.15, 0.2) is 23.3 Å². The monoisotopic (exact) mass is 446 g/mol. The van der Waals surface area contributed by atoms with Crippen molar-refractivity contribution in [2.75, 3.05) is 25.5 Å². The zero-order valence-electron chi connectivity index (χ0n) is 15.8. The molecular weight excluding hydrogens is 428 g/mol. The van der Waals surface area contributed by atoms with Crippen LogP contribution in [-0.4, -0.2) is 38.8 Å². The zero-order chi connectivity index (χ0) is 22.1. The number of sulfonamides is 1. The largest absolute Gasteiger partial charge is 0.495 e. The first-order chi connectivity index (χ1) is 14.2. The van der Waals surface area contributed by atoms with E-state index in [0.717, 1.165) is 25.3 Å². The van der Waals surface area contributed by atoms with E-state index in [0.29, 0.717) is 13.1 Å². The highest BCUT2D eigenvalue weighted by Gasteiger charge is 2.28. The number of amides is 1. The predicted molar refractivity (Wildman–Crippen MR) is 99.8 cm³/mol. The number of anilines is 1. The second kappa shape index (κ2) is 8.60. The zero-order valence-corrected chi connectivity index (χ0v) is 16.7. The summed E-state index contributed by atoms with van der Waals surface area (Å²) in [6.45, 7) is 0.713. The van der Waals surface area contributed by atoms with E-state index in [2.05, 4.69) is 5.32 Å². The van der Waals surface area contributed by atoms with Gasteiger partial charge in [-0.25, -0.2) is 26.0 Å². The predicted octanol–water partition coefficient (Wildman–Crippen LogP) is 3.68. The lowest BCUT2D eigenvalue weighted by molar-refractivity contribution is 0.102. The van der Waals surface area contributed by atoms with Gasteiger partial charge in [0.05, 0.1) is 23.3 Å². The number of carbonyl (C=O) groups excluding carboxylic acids is 1. The van der Waals surface area contributed by atoms with Crippen molar-refractivity contribution in [3.05, 3.63) is 53.1 Å². The van der Waals surface area contributed by atoms with Crippen molar-refractivity contribution in [1.82, 2.24) is 4.31 Å².